The summed E-state index contributed by atoms with van der Waals surface area (Å²) in [4.78, 5) is 1.99. The van der Waals surface area contributed by atoms with E-state index in [-0.39, 0.29) is 12.0 Å². The number of aliphatic hydroxyl groups is 1. The van der Waals surface area contributed by atoms with Crippen LogP contribution in [0.5, 0.6) is 0 Å². The SMILES string of the molecule is CN(CC(C#N)CCC#N)CC(O)C1CC1. The van der Waals surface area contributed by atoms with Crippen LogP contribution in [0.3, 0.4) is 0 Å². The lowest BCUT2D eigenvalue weighted by atomic mass is 10.0. The van der Waals surface area contributed by atoms with Gasteiger partial charge in [-0.1, -0.05) is 0 Å². The summed E-state index contributed by atoms with van der Waals surface area (Å²) in [7, 11) is 1.92. The van der Waals surface area contributed by atoms with Crippen molar-refractivity contribution in [3.63, 3.8) is 0 Å². The minimum atomic E-state index is -0.250. The molecule has 16 heavy (non-hydrogen) atoms. The van der Waals surface area contributed by atoms with E-state index in [4.69, 9.17) is 10.5 Å². The number of aliphatic hydroxyl groups excluding tert-OH is 1. The van der Waals surface area contributed by atoms with Gasteiger partial charge in [0.2, 0.25) is 0 Å². The highest BCUT2D eigenvalue weighted by atomic mass is 16.3. The predicted molar refractivity (Wildman–Crippen MR) is 60.2 cm³/mol. The fourth-order valence-electron chi connectivity index (χ4n) is 1.84. The van der Waals surface area contributed by atoms with Gasteiger partial charge < -0.3 is 10.0 Å². The Morgan fingerprint density at radius 3 is 2.56 bits per heavy atom. The Kier molecular flexibility index (Phi) is 5.25. The predicted octanol–water partition coefficient (Wildman–Crippen LogP) is 1.13. The normalized spacial score (nSPS) is 18.8. The number of nitriles is 2. The number of rotatable bonds is 7. The summed E-state index contributed by atoms with van der Waals surface area (Å²) in [6.07, 6.45) is 3.06. The molecule has 0 saturated heterocycles. The molecular weight excluding hydrogens is 202 g/mol. The summed E-state index contributed by atoms with van der Waals surface area (Å²) in [6, 6.07) is 4.27. The van der Waals surface area contributed by atoms with Crippen LogP contribution in [0.25, 0.3) is 0 Å². The van der Waals surface area contributed by atoms with Gasteiger partial charge in [-0.3, -0.25) is 0 Å². The average molecular weight is 221 g/mol. The van der Waals surface area contributed by atoms with E-state index >= 15 is 0 Å². The van der Waals surface area contributed by atoms with Gasteiger partial charge in [0.1, 0.15) is 0 Å². The molecule has 0 aromatic carbocycles. The van der Waals surface area contributed by atoms with Gasteiger partial charge in [0.05, 0.1) is 24.2 Å². The summed E-state index contributed by atoms with van der Waals surface area (Å²) in [6.45, 7) is 1.28. The van der Waals surface area contributed by atoms with Crippen LogP contribution < -0.4 is 0 Å². The summed E-state index contributed by atoms with van der Waals surface area (Å²) < 4.78 is 0. The Balaban J connectivity index is 2.22. The van der Waals surface area contributed by atoms with Crippen molar-refractivity contribution in [3.05, 3.63) is 0 Å². The second-order valence-corrected chi connectivity index (χ2v) is 4.65. The molecule has 0 radical (unpaired) electrons. The smallest absolute Gasteiger partial charge is 0.0695 e. The van der Waals surface area contributed by atoms with Crippen LogP contribution >= 0.6 is 0 Å². The second-order valence-electron chi connectivity index (χ2n) is 4.65. The van der Waals surface area contributed by atoms with E-state index in [0.717, 1.165) is 12.8 Å². The van der Waals surface area contributed by atoms with Crippen molar-refractivity contribution >= 4 is 0 Å². The molecule has 2 unspecified atom stereocenters. The molecule has 0 bridgehead atoms. The minimum absolute atomic E-state index is 0.101. The maximum Gasteiger partial charge on any atom is 0.0695 e. The summed E-state index contributed by atoms with van der Waals surface area (Å²) in [5, 5.41) is 27.1. The van der Waals surface area contributed by atoms with E-state index in [1.54, 1.807) is 0 Å². The Morgan fingerprint density at radius 1 is 1.38 bits per heavy atom. The Hall–Kier alpha value is -1.10. The van der Waals surface area contributed by atoms with E-state index in [2.05, 4.69) is 12.1 Å². The molecule has 4 heteroatoms. The lowest BCUT2D eigenvalue weighted by Crippen LogP contribution is -2.33. The van der Waals surface area contributed by atoms with Gasteiger partial charge >= 0.3 is 0 Å². The molecule has 0 aromatic rings. The molecule has 0 heterocycles. The zero-order valence-corrected chi connectivity index (χ0v) is 9.76. The highest BCUT2D eigenvalue weighted by Gasteiger charge is 2.30. The lowest BCUT2D eigenvalue weighted by Gasteiger charge is -2.22. The van der Waals surface area contributed by atoms with Crippen molar-refractivity contribution in [1.29, 1.82) is 10.5 Å². The number of likely N-dealkylation sites (N-methyl/N-ethyl adjacent to an activating group) is 1. The molecule has 4 nitrogen and oxygen atoms in total. The third kappa shape index (κ3) is 4.61. The maximum absolute atomic E-state index is 9.74. The maximum atomic E-state index is 9.74. The van der Waals surface area contributed by atoms with Crippen LogP contribution in [0.15, 0.2) is 0 Å². The molecular formula is C12H19N3O. The number of nitrogens with zero attached hydrogens (tertiary/aromatic N) is 3. The van der Waals surface area contributed by atoms with Gasteiger partial charge in [-0.25, -0.2) is 0 Å². The van der Waals surface area contributed by atoms with Crippen molar-refractivity contribution in [3.8, 4) is 12.1 Å². The molecule has 1 aliphatic carbocycles. The van der Waals surface area contributed by atoms with Gasteiger partial charge in [0.15, 0.2) is 0 Å². The van der Waals surface area contributed by atoms with Crippen LogP contribution in [0.4, 0.5) is 0 Å². The molecule has 0 aromatic heterocycles. The van der Waals surface area contributed by atoms with E-state index in [0.29, 0.717) is 31.8 Å². The quantitative estimate of drug-likeness (QED) is 0.699. The first kappa shape index (κ1) is 13.0. The molecule has 2 atom stereocenters. The van der Waals surface area contributed by atoms with Crippen LogP contribution in [0.2, 0.25) is 0 Å². The Morgan fingerprint density at radius 2 is 2.06 bits per heavy atom. The van der Waals surface area contributed by atoms with Gasteiger partial charge in [0.25, 0.3) is 0 Å². The zero-order chi connectivity index (χ0) is 12.0. The molecule has 0 aliphatic heterocycles. The second kappa shape index (κ2) is 6.48. The van der Waals surface area contributed by atoms with Gasteiger partial charge in [-0.2, -0.15) is 10.5 Å². The van der Waals surface area contributed by atoms with Crippen LogP contribution in [0.1, 0.15) is 25.7 Å². The van der Waals surface area contributed by atoms with E-state index < -0.39 is 0 Å². The van der Waals surface area contributed by atoms with Gasteiger partial charge in [0, 0.05) is 19.5 Å². The molecule has 0 spiro atoms. The highest BCUT2D eigenvalue weighted by molar-refractivity contribution is 4.89. The van der Waals surface area contributed by atoms with Crippen LogP contribution in [-0.2, 0) is 0 Å². The fourth-order valence-corrected chi connectivity index (χ4v) is 1.84. The largest absolute Gasteiger partial charge is 0.392 e. The summed E-state index contributed by atoms with van der Waals surface area (Å²) in [5.41, 5.74) is 0. The molecule has 1 rings (SSSR count). The van der Waals surface area contributed by atoms with E-state index in [1.807, 2.05) is 11.9 Å². The third-order valence-corrected chi connectivity index (χ3v) is 2.98. The van der Waals surface area contributed by atoms with Crippen LogP contribution in [0, 0.1) is 34.5 Å². The first-order chi connectivity index (χ1) is 7.67. The van der Waals surface area contributed by atoms with Crippen molar-refractivity contribution in [2.45, 2.75) is 31.8 Å². The fraction of sp³-hybridized carbons (Fsp3) is 0.833. The van der Waals surface area contributed by atoms with Crippen LogP contribution in [-0.4, -0.2) is 36.2 Å². The lowest BCUT2D eigenvalue weighted by molar-refractivity contribution is 0.102. The van der Waals surface area contributed by atoms with Crippen molar-refractivity contribution in [2.24, 2.45) is 11.8 Å². The molecule has 88 valence electrons. The highest BCUT2D eigenvalue weighted by Crippen LogP contribution is 2.32. The monoisotopic (exact) mass is 221 g/mol. The molecule has 1 N–H and O–H groups in total. The topological polar surface area (TPSA) is 71.0 Å². The molecule has 0 amide bonds. The standard InChI is InChI=1S/C12H19N3O/c1-15(9-12(16)11-4-5-11)8-10(7-14)3-2-6-13/h10-12,16H,2-5,8-9H2,1H3. The first-order valence-electron chi connectivity index (χ1n) is 5.80. The van der Waals surface area contributed by atoms with Gasteiger partial charge in [-0.15, -0.1) is 0 Å². The van der Waals surface area contributed by atoms with E-state index in [1.165, 1.54) is 0 Å². The molecule has 1 aliphatic rings. The van der Waals surface area contributed by atoms with Gasteiger partial charge in [-0.05, 0) is 32.2 Å². The molecule has 1 saturated carbocycles. The number of hydrogen-bond donors (Lipinski definition) is 1. The van der Waals surface area contributed by atoms with Crippen molar-refractivity contribution in [2.75, 3.05) is 20.1 Å². The summed E-state index contributed by atoms with van der Waals surface area (Å²) >= 11 is 0. The first-order valence-corrected chi connectivity index (χ1v) is 5.80. The average Bonchev–Trinajstić information content (AvgIpc) is 3.07. The van der Waals surface area contributed by atoms with E-state index in [9.17, 15) is 5.11 Å². The van der Waals surface area contributed by atoms with Crippen molar-refractivity contribution in [1.82, 2.24) is 4.90 Å². The number of hydrogen-bond acceptors (Lipinski definition) is 4. The third-order valence-electron chi connectivity index (χ3n) is 2.98. The molecule has 1 fully saturated rings. The zero-order valence-electron chi connectivity index (χ0n) is 9.76. The Labute approximate surface area is 97.1 Å². The summed E-state index contributed by atoms with van der Waals surface area (Å²) in [5.74, 6) is 0.373. The van der Waals surface area contributed by atoms with Crippen molar-refractivity contribution < 1.29 is 5.11 Å². The minimum Gasteiger partial charge on any atom is -0.392 e. The Bertz CT molecular complexity index is 288.